The van der Waals surface area contributed by atoms with Gasteiger partial charge in [-0.25, -0.2) is 9.67 Å². The summed E-state index contributed by atoms with van der Waals surface area (Å²) in [4.78, 5) is 18.4. The molecule has 2 atom stereocenters. The SMILES string of the molecule is C[C@@H]1CN(C(=O)c2ccc(Cn3cncn3)cc2)[C@H](C)CO1. The van der Waals surface area contributed by atoms with Crippen molar-refractivity contribution in [1.82, 2.24) is 19.7 Å². The molecule has 0 bridgehead atoms. The van der Waals surface area contributed by atoms with Gasteiger partial charge in [-0.1, -0.05) is 12.1 Å². The van der Waals surface area contributed by atoms with Gasteiger partial charge in [-0.3, -0.25) is 4.79 Å². The van der Waals surface area contributed by atoms with Gasteiger partial charge in [0, 0.05) is 12.1 Å². The van der Waals surface area contributed by atoms with Crippen LogP contribution in [0.3, 0.4) is 0 Å². The van der Waals surface area contributed by atoms with Crippen LogP contribution >= 0.6 is 0 Å². The van der Waals surface area contributed by atoms with E-state index in [1.165, 1.54) is 6.33 Å². The van der Waals surface area contributed by atoms with Crippen LogP contribution in [0.2, 0.25) is 0 Å². The molecule has 0 spiro atoms. The predicted octanol–water partition coefficient (Wildman–Crippen LogP) is 1.58. The first-order chi connectivity index (χ1) is 10.6. The van der Waals surface area contributed by atoms with Crippen LogP contribution in [0.5, 0.6) is 0 Å². The number of amides is 1. The van der Waals surface area contributed by atoms with Gasteiger partial charge in [0.1, 0.15) is 12.7 Å². The van der Waals surface area contributed by atoms with Crippen molar-refractivity contribution in [3.8, 4) is 0 Å². The minimum atomic E-state index is 0.0648. The first-order valence-corrected chi connectivity index (χ1v) is 7.47. The summed E-state index contributed by atoms with van der Waals surface area (Å²) in [7, 11) is 0. The average molecular weight is 300 g/mol. The Morgan fingerprint density at radius 3 is 2.77 bits per heavy atom. The van der Waals surface area contributed by atoms with Crippen LogP contribution in [0.15, 0.2) is 36.9 Å². The first-order valence-electron chi connectivity index (χ1n) is 7.47. The van der Waals surface area contributed by atoms with E-state index < -0.39 is 0 Å². The number of hydrogen-bond acceptors (Lipinski definition) is 4. The van der Waals surface area contributed by atoms with Crippen molar-refractivity contribution in [3.63, 3.8) is 0 Å². The molecule has 116 valence electrons. The van der Waals surface area contributed by atoms with E-state index in [2.05, 4.69) is 10.1 Å². The molecule has 22 heavy (non-hydrogen) atoms. The molecule has 6 nitrogen and oxygen atoms in total. The normalized spacial score (nSPS) is 21.8. The lowest BCUT2D eigenvalue weighted by atomic mass is 10.1. The van der Waals surface area contributed by atoms with Crippen molar-refractivity contribution in [2.45, 2.75) is 32.5 Å². The Balaban J connectivity index is 1.70. The molecular formula is C16H20N4O2. The van der Waals surface area contributed by atoms with Gasteiger partial charge in [0.15, 0.2) is 0 Å². The molecule has 1 aromatic heterocycles. The third kappa shape index (κ3) is 3.17. The van der Waals surface area contributed by atoms with Crippen LogP contribution in [0.25, 0.3) is 0 Å². The number of morpholine rings is 1. The Morgan fingerprint density at radius 2 is 2.09 bits per heavy atom. The molecule has 6 heteroatoms. The van der Waals surface area contributed by atoms with E-state index in [9.17, 15) is 4.79 Å². The fraction of sp³-hybridized carbons (Fsp3) is 0.438. The van der Waals surface area contributed by atoms with Gasteiger partial charge in [0.2, 0.25) is 0 Å². The highest BCUT2D eigenvalue weighted by Crippen LogP contribution is 2.16. The summed E-state index contributed by atoms with van der Waals surface area (Å²) < 4.78 is 7.33. The van der Waals surface area contributed by atoms with E-state index in [4.69, 9.17) is 4.74 Å². The van der Waals surface area contributed by atoms with E-state index in [1.54, 1.807) is 11.0 Å². The van der Waals surface area contributed by atoms with Crippen molar-refractivity contribution in [1.29, 1.82) is 0 Å². The summed E-state index contributed by atoms with van der Waals surface area (Å²) in [6, 6.07) is 7.79. The third-order valence-corrected chi connectivity index (χ3v) is 3.88. The highest BCUT2D eigenvalue weighted by Gasteiger charge is 2.28. The molecule has 0 aliphatic carbocycles. The molecule has 2 aromatic rings. The highest BCUT2D eigenvalue weighted by molar-refractivity contribution is 5.94. The maximum atomic E-state index is 12.6. The van der Waals surface area contributed by atoms with Crippen LogP contribution in [0.1, 0.15) is 29.8 Å². The van der Waals surface area contributed by atoms with E-state index in [0.717, 1.165) is 5.56 Å². The zero-order valence-electron chi connectivity index (χ0n) is 12.8. The van der Waals surface area contributed by atoms with E-state index in [0.29, 0.717) is 25.3 Å². The largest absolute Gasteiger partial charge is 0.375 e. The Labute approximate surface area is 129 Å². The van der Waals surface area contributed by atoms with Crippen molar-refractivity contribution in [2.75, 3.05) is 13.2 Å². The van der Waals surface area contributed by atoms with E-state index >= 15 is 0 Å². The highest BCUT2D eigenvalue weighted by atomic mass is 16.5. The predicted molar refractivity (Wildman–Crippen MR) is 81.5 cm³/mol. The number of nitrogens with zero attached hydrogens (tertiary/aromatic N) is 4. The quantitative estimate of drug-likeness (QED) is 0.863. The van der Waals surface area contributed by atoms with Crippen LogP contribution in [0, 0.1) is 0 Å². The van der Waals surface area contributed by atoms with Gasteiger partial charge in [-0.15, -0.1) is 0 Å². The molecule has 0 radical (unpaired) electrons. The molecule has 0 saturated carbocycles. The number of benzene rings is 1. The van der Waals surface area contributed by atoms with Crippen molar-refractivity contribution in [3.05, 3.63) is 48.0 Å². The number of ether oxygens (including phenoxy) is 1. The van der Waals surface area contributed by atoms with Crippen LogP contribution < -0.4 is 0 Å². The zero-order chi connectivity index (χ0) is 15.5. The molecular weight excluding hydrogens is 280 g/mol. The van der Waals surface area contributed by atoms with Crippen molar-refractivity contribution in [2.24, 2.45) is 0 Å². The minimum Gasteiger partial charge on any atom is -0.375 e. The van der Waals surface area contributed by atoms with Gasteiger partial charge in [-0.05, 0) is 31.5 Å². The molecule has 1 aromatic carbocycles. The second kappa shape index (κ2) is 6.27. The zero-order valence-corrected chi connectivity index (χ0v) is 12.8. The lowest BCUT2D eigenvalue weighted by molar-refractivity contribution is -0.0387. The van der Waals surface area contributed by atoms with E-state index in [-0.39, 0.29) is 18.1 Å². The Bertz CT molecular complexity index is 624. The van der Waals surface area contributed by atoms with Gasteiger partial charge in [0.05, 0.1) is 25.3 Å². The van der Waals surface area contributed by atoms with Crippen molar-refractivity contribution >= 4 is 5.91 Å². The maximum absolute atomic E-state index is 12.6. The summed E-state index contributed by atoms with van der Waals surface area (Å²) in [5.74, 6) is 0.0648. The van der Waals surface area contributed by atoms with Crippen LogP contribution in [-0.4, -0.2) is 50.9 Å². The first kappa shape index (κ1) is 14.7. The Morgan fingerprint density at radius 1 is 1.32 bits per heavy atom. The lowest BCUT2D eigenvalue weighted by Gasteiger charge is -2.36. The fourth-order valence-electron chi connectivity index (χ4n) is 2.61. The fourth-order valence-corrected chi connectivity index (χ4v) is 2.61. The summed E-state index contributed by atoms with van der Waals surface area (Å²) in [6.45, 7) is 5.90. The molecule has 1 fully saturated rings. The van der Waals surface area contributed by atoms with Gasteiger partial charge in [-0.2, -0.15) is 5.10 Å². The average Bonchev–Trinajstić information content (AvgIpc) is 3.03. The summed E-state index contributed by atoms with van der Waals surface area (Å²) in [5.41, 5.74) is 1.80. The molecule has 1 amide bonds. The second-order valence-electron chi connectivity index (χ2n) is 5.74. The monoisotopic (exact) mass is 300 g/mol. The maximum Gasteiger partial charge on any atom is 0.254 e. The molecule has 1 aliphatic heterocycles. The summed E-state index contributed by atoms with van der Waals surface area (Å²) in [5, 5.41) is 4.08. The number of hydrogen-bond donors (Lipinski definition) is 0. The van der Waals surface area contributed by atoms with Crippen LogP contribution in [0.4, 0.5) is 0 Å². The van der Waals surface area contributed by atoms with Crippen molar-refractivity contribution < 1.29 is 9.53 Å². The second-order valence-corrected chi connectivity index (χ2v) is 5.74. The minimum absolute atomic E-state index is 0.0648. The topological polar surface area (TPSA) is 60.2 Å². The molecule has 0 N–H and O–H groups in total. The number of carbonyl (C=O) groups is 1. The van der Waals surface area contributed by atoms with E-state index in [1.807, 2.05) is 43.0 Å². The third-order valence-electron chi connectivity index (χ3n) is 3.88. The molecule has 1 saturated heterocycles. The van der Waals surface area contributed by atoms with Gasteiger partial charge >= 0.3 is 0 Å². The smallest absolute Gasteiger partial charge is 0.254 e. The standard InChI is InChI=1S/C16H20N4O2/c1-12-9-22-13(2)7-20(12)16(21)15-5-3-14(4-6-15)8-19-11-17-10-18-19/h3-6,10-13H,7-9H2,1-2H3/t12-,13-/m1/s1. The molecule has 2 heterocycles. The van der Waals surface area contributed by atoms with Crippen LogP contribution in [-0.2, 0) is 11.3 Å². The number of aromatic nitrogens is 3. The Hall–Kier alpha value is -2.21. The number of carbonyl (C=O) groups excluding carboxylic acids is 1. The Kier molecular flexibility index (Phi) is 4.20. The number of rotatable bonds is 3. The van der Waals surface area contributed by atoms with Gasteiger partial charge in [0.25, 0.3) is 5.91 Å². The van der Waals surface area contributed by atoms with Gasteiger partial charge < -0.3 is 9.64 Å². The molecule has 0 unspecified atom stereocenters. The lowest BCUT2D eigenvalue weighted by Crippen LogP contribution is -2.50. The summed E-state index contributed by atoms with van der Waals surface area (Å²) in [6.07, 6.45) is 3.28. The summed E-state index contributed by atoms with van der Waals surface area (Å²) >= 11 is 0. The molecule has 1 aliphatic rings. The molecule has 3 rings (SSSR count).